The number of ketones is 1. The molecule has 2 heterocycles. The van der Waals surface area contributed by atoms with E-state index in [1.54, 1.807) is 0 Å². The minimum atomic E-state index is -0.746. The van der Waals surface area contributed by atoms with Gasteiger partial charge in [-0.3, -0.25) is 9.59 Å². The van der Waals surface area contributed by atoms with E-state index in [0.29, 0.717) is 19.6 Å². The highest BCUT2D eigenvalue weighted by atomic mass is 16.5. The first kappa shape index (κ1) is 19.6. The molecule has 152 valence electrons. The van der Waals surface area contributed by atoms with E-state index in [-0.39, 0.29) is 17.6 Å². The first-order chi connectivity index (χ1) is 14.1. The smallest absolute Gasteiger partial charge is 0.304 e. The number of Topliss-reactive ketones (excluding diaryl/α,β-unsaturated/α-hetero) is 1. The summed E-state index contributed by atoms with van der Waals surface area (Å²) in [5.74, 6) is 0.239. The lowest BCUT2D eigenvalue weighted by atomic mass is 9.74. The molecular formula is C24H27NO4. The molecule has 0 radical (unpaired) electrons. The Hall–Kier alpha value is -2.66. The van der Waals surface area contributed by atoms with Gasteiger partial charge in [0.05, 0.1) is 13.0 Å². The van der Waals surface area contributed by atoms with Gasteiger partial charge in [0.1, 0.15) is 5.75 Å². The summed E-state index contributed by atoms with van der Waals surface area (Å²) in [7, 11) is 0. The predicted molar refractivity (Wildman–Crippen MR) is 111 cm³/mol. The summed E-state index contributed by atoms with van der Waals surface area (Å²) in [6, 6.07) is 16.0. The minimum absolute atomic E-state index is 0.000668. The number of piperidine rings is 1. The van der Waals surface area contributed by atoms with Crippen molar-refractivity contribution >= 4 is 11.8 Å². The van der Waals surface area contributed by atoms with Gasteiger partial charge < -0.3 is 14.7 Å². The molecule has 0 amide bonds. The summed E-state index contributed by atoms with van der Waals surface area (Å²) in [6.07, 6.45) is 3.34. The highest BCUT2D eigenvalue weighted by Crippen LogP contribution is 2.45. The average Bonchev–Trinajstić information content (AvgIpc) is 3.10. The van der Waals surface area contributed by atoms with Gasteiger partial charge in [0.2, 0.25) is 0 Å². The fourth-order valence-electron chi connectivity index (χ4n) is 4.47. The van der Waals surface area contributed by atoms with Crippen LogP contribution >= 0.6 is 0 Å². The number of carboxylic acid groups (broad SMARTS) is 1. The number of aryl methyl sites for hydroxylation is 1. The van der Waals surface area contributed by atoms with E-state index < -0.39 is 5.97 Å². The normalized spacial score (nSPS) is 17.7. The highest BCUT2D eigenvalue weighted by molar-refractivity contribution is 5.96. The number of rotatable bonds is 7. The zero-order chi connectivity index (χ0) is 20.3. The van der Waals surface area contributed by atoms with Crippen molar-refractivity contribution in [2.24, 2.45) is 0 Å². The van der Waals surface area contributed by atoms with Crippen molar-refractivity contribution in [1.29, 1.82) is 0 Å². The Morgan fingerprint density at radius 3 is 2.52 bits per heavy atom. The molecule has 5 heteroatoms. The quantitative estimate of drug-likeness (QED) is 0.727. The van der Waals surface area contributed by atoms with Crippen molar-refractivity contribution < 1.29 is 19.4 Å². The van der Waals surface area contributed by atoms with Crippen LogP contribution in [0.25, 0.3) is 0 Å². The van der Waals surface area contributed by atoms with Gasteiger partial charge in [-0.25, -0.2) is 0 Å². The molecule has 1 N–H and O–H groups in total. The van der Waals surface area contributed by atoms with Crippen LogP contribution in [0, 0.1) is 0 Å². The van der Waals surface area contributed by atoms with Crippen LogP contribution in [0.5, 0.6) is 5.75 Å². The van der Waals surface area contributed by atoms with Crippen LogP contribution in [0.15, 0.2) is 48.5 Å². The monoisotopic (exact) mass is 393 g/mol. The topological polar surface area (TPSA) is 66.8 Å². The molecule has 5 nitrogen and oxygen atoms in total. The van der Waals surface area contributed by atoms with Crippen LogP contribution in [0.1, 0.15) is 47.2 Å². The first-order valence-electron chi connectivity index (χ1n) is 10.3. The maximum atomic E-state index is 12.6. The Bertz CT molecular complexity index is 885. The maximum Gasteiger partial charge on any atom is 0.304 e. The molecule has 4 rings (SSSR count). The lowest BCUT2D eigenvalue weighted by Crippen LogP contribution is -2.44. The number of fused-ring (bicyclic) bond motifs is 2. The van der Waals surface area contributed by atoms with E-state index in [4.69, 9.17) is 9.84 Å². The van der Waals surface area contributed by atoms with Crippen molar-refractivity contribution in [1.82, 2.24) is 4.90 Å². The summed E-state index contributed by atoms with van der Waals surface area (Å²) in [5, 5.41) is 8.88. The summed E-state index contributed by atoms with van der Waals surface area (Å²) in [4.78, 5) is 25.7. The Kier molecular flexibility index (Phi) is 5.67. The Morgan fingerprint density at radius 1 is 1.03 bits per heavy atom. The molecule has 0 bridgehead atoms. The number of nitrogens with zero attached hydrogens (tertiary/aromatic N) is 1. The number of hydrogen-bond acceptors (Lipinski definition) is 4. The second kappa shape index (κ2) is 8.37. The molecule has 2 aromatic rings. The number of hydrogen-bond donors (Lipinski definition) is 1. The summed E-state index contributed by atoms with van der Waals surface area (Å²) < 4.78 is 6.01. The lowest BCUT2D eigenvalue weighted by Gasteiger charge is -2.38. The number of carboxylic acids is 1. The van der Waals surface area contributed by atoms with Gasteiger partial charge >= 0.3 is 5.97 Å². The Balaban J connectivity index is 1.39. The molecule has 0 aromatic heterocycles. The standard InChI is InChI=1S/C24H27NO4/c26-21(9-6-18-4-2-1-3-5-18)19-7-8-20-22(16-19)29-17-24(20)11-14-25(15-12-24)13-10-23(27)28/h1-5,7-8,16H,6,9-15,17H2,(H,27,28). The minimum Gasteiger partial charge on any atom is -0.492 e. The summed E-state index contributed by atoms with van der Waals surface area (Å²) >= 11 is 0. The van der Waals surface area contributed by atoms with Gasteiger partial charge in [0.25, 0.3) is 0 Å². The fourth-order valence-corrected chi connectivity index (χ4v) is 4.47. The van der Waals surface area contributed by atoms with Gasteiger partial charge in [0.15, 0.2) is 5.78 Å². The van der Waals surface area contributed by atoms with E-state index in [1.807, 2.05) is 42.5 Å². The van der Waals surface area contributed by atoms with Crippen LogP contribution in [-0.4, -0.2) is 48.0 Å². The van der Waals surface area contributed by atoms with Crippen molar-refractivity contribution in [2.45, 2.75) is 37.5 Å². The van der Waals surface area contributed by atoms with E-state index in [0.717, 1.165) is 43.7 Å². The molecule has 1 fully saturated rings. The van der Waals surface area contributed by atoms with Crippen molar-refractivity contribution in [3.8, 4) is 5.75 Å². The molecule has 0 atom stereocenters. The number of likely N-dealkylation sites (tertiary alicyclic amines) is 1. The van der Waals surface area contributed by atoms with Crippen molar-refractivity contribution in [3.63, 3.8) is 0 Å². The van der Waals surface area contributed by atoms with Crippen LogP contribution in [0.2, 0.25) is 0 Å². The van der Waals surface area contributed by atoms with Crippen LogP contribution < -0.4 is 4.74 Å². The number of benzene rings is 2. The Morgan fingerprint density at radius 2 is 1.79 bits per heavy atom. The third-order valence-corrected chi connectivity index (χ3v) is 6.32. The molecule has 0 unspecified atom stereocenters. The molecule has 2 aromatic carbocycles. The third-order valence-electron chi connectivity index (χ3n) is 6.32. The first-order valence-corrected chi connectivity index (χ1v) is 10.3. The SMILES string of the molecule is O=C(O)CCN1CCC2(CC1)COc1cc(C(=O)CCc3ccccc3)ccc12. The zero-order valence-electron chi connectivity index (χ0n) is 16.6. The number of ether oxygens (including phenoxy) is 1. The van der Waals surface area contributed by atoms with Gasteiger partial charge in [0, 0.05) is 29.5 Å². The van der Waals surface area contributed by atoms with Gasteiger partial charge in [-0.15, -0.1) is 0 Å². The lowest BCUT2D eigenvalue weighted by molar-refractivity contribution is -0.137. The molecule has 1 saturated heterocycles. The van der Waals surface area contributed by atoms with Crippen LogP contribution in [0.4, 0.5) is 0 Å². The molecule has 2 aliphatic heterocycles. The highest BCUT2D eigenvalue weighted by Gasteiger charge is 2.43. The van der Waals surface area contributed by atoms with Gasteiger partial charge in [-0.2, -0.15) is 0 Å². The van der Waals surface area contributed by atoms with E-state index in [9.17, 15) is 9.59 Å². The second-order valence-corrected chi connectivity index (χ2v) is 8.17. The van der Waals surface area contributed by atoms with Gasteiger partial charge in [-0.1, -0.05) is 42.5 Å². The molecule has 29 heavy (non-hydrogen) atoms. The van der Waals surface area contributed by atoms with Crippen molar-refractivity contribution in [3.05, 3.63) is 65.2 Å². The summed E-state index contributed by atoms with van der Waals surface area (Å²) in [6.45, 7) is 3.02. The molecule has 2 aliphatic rings. The van der Waals surface area contributed by atoms with Crippen LogP contribution in [0.3, 0.4) is 0 Å². The van der Waals surface area contributed by atoms with Crippen molar-refractivity contribution in [2.75, 3.05) is 26.2 Å². The molecule has 0 aliphatic carbocycles. The largest absolute Gasteiger partial charge is 0.492 e. The Labute approximate surface area is 171 Å². The second-order valence-electron chi connectivity index (χ2n) is 8.17. The molecular weight excluding hydrogens is 366 g/mol. The predicted octanol–water partition coefficient (Wildman–Crippen LogP) is 3.70. The molecule has 1 spiro atoms. The number of carbonyl (C=O) groups is 2. The average molecular weight is 393 g/mol. The van der Waals surface area contributed by atoms with E-state index in [1.165, 1.54) is 11.1 Å². The zero-order valence-corrected chi connectivity index (χ0v) is 16.6. The third kappa shape index (κ3) is 4.35. The fraction of sp³-hybridized carbons (Fsp3) is 0.417. The van der Waals surface area contributed by atoms with Gasteiger partial charge in [-0.05, 0) is 44.0 Å². The van der Waals surface area contributed by atoms with E-state index in [2.05, 4.69) is 11.0 Å². The van der Waals surface area contributed by atoms with E-state index >= 15 is 0 Å². The number of aliphatic carboxylic acids is 1. The molecule has 0 saturated carbocycles. The summed E-state index contributed by atoms with van der Waals surface area (Å²) in [5.41, 5.74) is 3.10. The number of carbonyl (C=O) groups excluding carboxylic acids is 1. The van der Waals surface area contributed by atoms with Crippen LogP contribution in [-0.2, 0) is 16.6 Å². The maximum absolute atomic E-state index is 12.6.